The molecular weight excluding hydrogens is 272 g/mol. The molecule has 0 N–H and O–H groups in total. The highest BCUT2D eigenvalue weighted by atomic mass is 16.3. The van der Waals surface area contributed by atoms with Gasteiger partial charge in [0.25, 0.3) is 0 Å². The van der Waals surface area contributed by atoms with E-state index < -0.39 is 0 Å². The van der Waals surface area contributed by atoms with E-state index in [1.807, 2.05) is 13.8 Å². The number of furan rings is 2. The van der Waals surface area contributed by atoms with Crippen molar-refractivity contribution in [1.29, 1.82) is 0 Å². The molecule has 2 heteroatoms. The second-order valence-electron chi connectivity index (χ2n) is 5.99. The van der Waals surface area contributed by atoms with E-state index in [1.165, 1.54) is 33.0 Å². The Morgan fingerprint density at radius 3 is 1.41 bits per heavy atom. The molecule has 110 valence electrons. The summed E-state index contributed by atoms with van der Waals surface area (Å²) in [7, 11) is 0. The second kappa shape index (κ2) is 4.51. The molecule has 0 aliphatic carbocycles. The molecule has 0 saturated heterocycles. The molecule has 2 heterocycles. The first-order valence-electron chi connectivity index (χ1n) is 7.54. The SMILES string of the molecule is Cc1oc2ccc(-c3ccc4oc(C)c(C)c4c3)cc2c1C. The molecule has 2 nitrogen and oxygen atoms in total. The van der Waals surface area contributed by atoms with Gasteiger partial charge in [-0.25, -0.2) is 0 Å². The minimum absolute atomic E-state index is 0.954. The lowest BCUT2D eigenvalue weighted by molar-refractivity contribution is 0.574. The number of benzene rings is 2. The molecular formula is C20H18O2. The fourth-order valence-corrected chi connectivity index (χ4v) is 3.05. The van der Waals surface area contributed by atoms with Crippen LogP contribution in [0.4, 0.5) is 0 Å². The number of rotatable bonds is 1. The maximum absolute atomic E-state index is 5.77. The van der Waals surface area contributed by atoms with Crippen LogP contribution >= 0.6 is 0 Å². The number of hydrogen-bond acceptors (Lipinski definition) is 2. The van der Waals surface area contributed by atoms with Gasteiger partial charge in [-0.05, 0) is 74.2 Å². The topological polar surface area (TPSA) is 26.3 Å². The third kappa shape index (κ3) is 1.80. The van der Waals surface area contributed by atoms with Crippen molar-refractivity contribution in [2.45, 2.75) is 27.7 Å². The van der Waals surface area contributed by atoms with Crippen LogP contribution in [0, 0.1) is 27.7 Å². The summed E-state index contributed by atoms with van der Waals surface area (Å²) in [5.74, 6) is 1.98. The number of aryl methyl sites for hydroxylation is 4. The second-order valence-corrected chi connectivity index (χ2v) is 5.99. The van der Waals surface area contributed by atoms with Crippen LogP contribution in [0.3, 0.4) is 0 Å². The van der Waals surface area contributed by atoms with Crippen LogP contribution in [-0.4, -0.2) is 0 Å². The van der Waals surface area contributed by atoms with Gasteiger partial charge in [-0.3, -0.25) is 0 Å². The van der Waals surface area contributed by atoms with Gasteiger partial charge in [0.2, 0.25) is 0 Å². The van der Waals surface area contributed by atoms with Gasteiger partial charge in [-0.2, -0.15) is 0 Å². The molecule has 22 heavy (non-hydrogen) atoms. The quantitative estimate of drug-likeness (QED) is 0.424. The van der Waals surface area contributed by atoms with Gasteiger partial charge in [0.1, 0.15) is 22.7 Å². The van der Waals surface area contributed by atoms with Crippen molar-refractivity contribution in [2.24, 2.45) is 0 Å². The first-order valence-corrected chi connectivity index (χ1v) is 7.54. The molecule has 0 aliphatic rings. The lowest BCUT2D eigenvalue weighted by Crippen LogP contribution is -1.79. The Morgan fingerprint density at radius 1 is 0.591 bits per heavy atom. The zero-order chi connectivity index (χ0) is 15.4. The van der Waals surface area contributed by atoms with Crippen molar-refractivity contribution < 1.29 is 8.83 Å². The van der Waals surface area contributed by atoms with E-state index in [0.29, 0.717) is 0 Å². The van der Waals surface area contributed by atoms with Crippen LogP contribution in [0.2, 0.25) is 0 Å². The molecule has 0 saturated carbocycles. The van der Waals surface area contributed by atoms with Gasteiger partial charge in [0.05, 0.1) is 0 Å². The highest BCUT2D eigenvalue weighted by molar-refractivity contribution is 5.91. The van der Waals surface area contributed by atoms with Crippen LogP contribution < -0.4 is 0 Å². The molecule has 2 aromatic heterocycles. The van der Waals surface area contributed by atoms with Crippen molar-refractivity contribution in [3.05, 3.63) is 59.0 Å². The minimum Gasteiger partial charge on any atom is -0.461 e. The summed E-state index contributed by atoms with van der Waals surface area (Å²) in [6, 6.07) is 12.8. The van der Waals surface area contributed by atoms with Crippen molar-refractivity contribution in [2.75, 3.05) is 0 Å². The molecule has 0 aliphatic heterocycles. The predicted octanol–water partition coefficient (Wildman–Crippen LogP) is 6.08. The maximum atomic E-state index is 5.77. The van der Waals surface area contributed by atoms with Crippen molar-refractivity contribution in [1.82, 2.24) is 0 Å². The standard InChI is InChI=1S/C20H18O2/c1-11-13(3)21-19-7-5-15(9-17(11)19)16-6-8-20-18(10-16)12(2)14(4)22-20/h5-10H,1-4H3. The number of hydrogen-bond donors (Lipinski definition) is 0. The number of fused-ring (bicyclic) bond motifs is 2. The summed E-state index contributed by atoms with van der Waals surface area (Å²) < 4.78 is 11.5. The van der Waals surface area contributed by atoms with Gasteiger partial charge in [0, 0.05) is 10.8 Å². The van der Waals surface area contributed by atoms with E-state index in [1.54, 1.807) is 0 Å². The molecule has 0 radical (unpaired) electrons. The normalized spacial score (nSPS) is 11.6. The van der Waals surface area contributed by atoms with Gasteiger partial charge in [0.15, 0.2) is 0 Å². The third-order valence-electron chi connectivity index (χ3n) is 4.68. The highest BCUT2D eigenvalue weighted by Gasteiger charge is 2.11. The van der Waals surface area contributed by atoms with Gasteiger partial charge in [-0.1, -0.05) is 12.1 Å². The smallest absolute Gasteiger partial charge is 0.134 e. The lowest BCUT2D eigenvalue weighted by atomic mass is 10.0. The van der Waals surface area contributed by atoms with Gasteiger partial charge < -0.3 is 8.83 Å². The van der Waals surface area contributed by atoms with E-state index in [2.05, 4.69) is 50.2 Å². The minimum atomic E-state index is 0.954. The molecule has 0 fully saturated rings. The van der Waals surface area contributed by atoms with E-state index >= 15 is 0 Å². The van der Waals surface area contributed by atoms with Crippen LogP contribution in [0.15, 0.2) is 45.2 Å². The Bertz CT molecular complexity index is 931. The molecule has 0 amide bonds. The Kier molecular flexibility index (Phi) is 2.70. The largest absolute Gasteiger partial charge is 0.461 e. The van der Waals surface area contributed by atoms with E-state index in [4.69, 9.17) is 8.83 Å². The van der Waals surface area contributed by atoms with Gasteiger partial charge >= 0.3 is 0 Å². The fourth-order valence-electron chi connectivity index (χ4n) is 3.05. The highest BCUT2D eigenvalue weighted by Crippen LogP contribution is 2.33. The Labute approximate surface area is 129 Å². The molecule has 0 atom stereocenters. The molecule has 0 spiro atoms. The van der Waals surface area contributed by atoms with E-state index in [0.717, 1.165) is 22.7 Å². The van der Waals surface area contributed by atoms with Crippen LogP contribution in [-0.2, 0) is 0 Å². The molecule has 4 rings (SSSR count). The average molecular weight is 290 g/mol. The monoisotopic (exact) mass is 290 g/mol. The summed E-state index contributed by atoms with van der Waals surface area (Å²) in [6.45, 7) is 8.24. The Morgan fingerprint density at radius 2 is 1.00 bits per heavy atom. The zero-order valence-corrected chi connectivity index (χ0v) is 13.3. The van der Waals surface area contributed by atoms with Crippen LogP contribution in [0.25, 0.3) is 33.1 Å². The summed E-state index contributed by atoms with van der Waals surface area (Å²) in [4.78, 5) is 0. The first-order chi connectivity index (χ1) is 10.5. The van der Waals surface area contributed by atoms with Crippen molar-refractivity contribution >= 4 is 21.9 Å². The molecule has 4 aromatic rings. The maximum Gasteiger partial charge on any atom is 0.134 e. The van der Waals surface area contributed by atoms with Crippen LogP contribution in [0.1, 0.15) is 22.6 Å². The summed E-state index contributed by atoms with van der Waals surface area (Å²) in [5, 5.41) is 2.38. The summed E-state index contributed by atoms with van der Waals surface area (Å²) in [6.07, 6.45) is 0. The Hall–Kier alpha value is -2.48. The molecule has 0 unspecified atom stereocenters. The molecule has 0 bridgehead atoms. The first kappa shape index (κ1) is 13.2. The van der Waals surface area contributed by atoms with E-state index in [-0.39, 0.29) is 0 Å². The predicted molar refractivity (Wildman–Crippen MR) is 90.4 cm³/mol. The summed E-state index contributed by atoms with van der Waals surface area (Å²) in [5.41, 5.74) is 6.75. The van der Waals surface area contributed by atoms with Crippen molar-refractivity contribution in [3.8, 4) is 11.1 Å². The summed E-state index contributed by atoms with van der Waals surface area (Å²) >= 11 is 0. The zero-order valence-electron chi connectivity index (χ0n) is 13.3. The lowest BCUT2D eigenvalue weighted by Gasteiger charge is -2.03. The van der Waals surface area contributed by atoms with Crippen molar-refractivity contribution in [3.63, 3.8) is 0 Å². The van der Waals surface area contributed by atoms with Crippen LogP contribution in [0.5, 0.6) is 0 Å². The fraction of sp³-hybridized carbons (Fsp3) is 0.200. The third-order valence-corrected chi connectivity index (χ3v) is 4.68. The average Bonchev–Trinajstić information content (AvgIpc) is 2.96. The van der Waals surface area contributed by atoms with Gasteiger partial charge in [-0.15, -0.1) is 0 Å². The Balaban J connectivity index is 1.94. The molecule has 2 aromatic carbocycles. The van der Waals surface area contributed by atoms with E-state index in [9.17, 15) is 0 Å².